The molecule has 0 spiro atoms. The summed E-state index contributed by atoms with van der Waals surface area (Å²) in [5.74, 6) is 0. The van der Waals surface area contributed by atoms with Crippen molar-refractivity contribution in [3.63, 3.8) is 0 Å². The summed E-state index contributed by atoms with van der Waals surface area (Å²) in [5, 5.41) is 0. The molecule has 0 unspecified atom stereocenters. The summed E-state index contributed by atoms with van der Waals surface area (Å²) in [6, 6.07) is 3.12. The Bertz CT molecular complexity index is 838. The molecule has 0 aliphatic carbocycles. The molecule has 3 N–H and O–H groups in total. The molecule has 0 saturated carbocycles. The SMILES string of the molecule is Cn1c(=O)n(C)c2cc(S(=O)(=O)NCCCN)c(Br)cc21. The average molecular weight is 377 g/mol. The fourth-order valence-electron chi connectivity index (χ4n) is 2.09. The molecule has 0 atom stereocenters. The van der Waals surface area contributed by atoms with E-state index in [0.29, 0.717) is 28.5 Å². The van der Waals surface area contributed by atoms with Gasteiger partial charge in [0.25, 0.3) is 0 Å². The van der Waals surface area contributed by atoms with Gasteiger partial charge in [0.1, 0.15) is 0 Å². The van der Waals surface area contributed by atoms with E-state index in [1.165, 1.54) is 15.2 Å². The maximum Gasteiger partial charge on any atom is 0.328 e. The second kappa shape index (κ2) is 5.91. The number of aryl methyl sites for hydroxylation is 2. The Balaban J connectivity index is 2.58. The van der Waals surface area contributed by atoms with Gasteiger partial charge in [-0.25, -0.2) is 17.9 Å². The third kappa shape index (κ3) is 2.91. The van der Waals surface area contributed by atoms with Gasteiger partial charge in [0, 0.05) is 25.1 Å². The van der Waals surface area contributed by atoms with Gasteiger partial charge in [-0.15, -0.1) is 0 Å². The quantitative estimate of drug-likeness (QED) is 0.731. The van der Waals surface area contributed by atoms with E-state index >= 15 is 0 Å². The van der Waals surface area contributed by atoms with Gasteiger partial charge in [-0.1, -0.05) is 0 Å². The molecule has 0 bridgehead atoms. The van der Waals surface area contributed by atoms with Gasteiger partial charge >= 0.3 is 5.69 Å². The highest BCUT2D eigenvalue weighted by Gasteiger charge is 2.20. The molecule has 0 aliphatic heterocycles. The molecule has 2 aromatic rings. The van der Waals surface area contributed by atoms with Crippen molar-refractivity contribution in [3.05, 3.63) is 27.1 Å². The van der Waals surface area contributed by atoms with Crippen LogP contribution in [-0.4, -0.2) is 30.6 Å². The van der Waals surface area contributed by atoms with Gasteiger partial charge in [0.15, 0.2) is 0 Å². The highest BCUT2D eigenvalue weighted by atomic mass is 79.9. The van der Waals surface area contributed by atoms with Crippen LogP contribution in [0.1, 0.15) is 6.42 Å². The van der Waals surface area contributed by atoms with Gasteiger partial charge in [0.05, 0.1) is 15.9 Å². The molecule has 7 nitrogen and oxygen atoms in total. The van der Waals surface area contributed by atoms with E-state index in [0.717, 1.165) is 0 Å². The molecule has 0 aliphatic rings. The second-order valence-corrected chi connectivity index (χ2v) is 7.30. The van der Waals surface area contributed by atoms with E-state index in [4.69, 9.17) is 5.73 Å². The Morgan fingerprint density at radius 1 is 1.24 bits per heavy atom. The van der Waals surface area contributed by atoms with Crippen molar-refractivity contribution < 1.29 is 8.42 Å². The van der Waals surface area contributed by atoms with E-state index in [-0.39, 0.29) is 17.1 Å². The minimum absolute atomic E-state index is 0.105. The Morgan fingerprint density at radius 2 is 1.81 bits per heavy atom. The zero-order valence-corrected chi connectivity index (χ0v) is 14.2. The highest BCUT2D eigenvalue weighted by Crippen LogP contribution is 2.27. The average Bonchev–Trinajstić information content (AvgIpc) is 2.63. The minimum atomic E-state index is -3.65. The number of fused-ring (bicyclic) bond motifs is 1. The van der Waals surface area contributed by atoms with Crippen LogP contribution in [-0.2, 0) is 24.1 Å². The second-order valence-electron chi connectivity index (χ2n) is 4.71. The number of hydrogen-bond donors (Lipinski definition) is 2. The van der Waals surface area contributed by atoms with E-state index in [9.17, 15) is 13.2 Å². The third-order valence-corrected chi connectivity index (χ3v) is 5.71. The van der Waals surface area contributed by atoms with E-state index in [1.54, 1.807) is 20.2 Å². The number of nitrogens with two attached hydrogens (primary N) is 1. The fraction of sp³-hybridized carbons (Fsp3) is 0.417. The summed E-state index contributed by atoms with van der Waals surface area (Å²) in [6.45, 7) is 0.687. The molecule has 21 heavy (non-hydrogen) atoms. The predicted molar refractivity (Wildman–Crippen MR) is 84.7 cm³/mol. The van der Waals surface area contributed by atoms with E-state index in [2.05, 4.69) is 20.7 Å². The van der Waals surface area contributed by atoms with Crippen molar-refractivity contribution in [3.8, 4) is 0 Å². The van der Waals surface area contributed by atoms with Crippen LogP contribution < -0.4 is 16.1 Å². The van der Waals surface area contributed by atoms with Gasteiger partial charge in [-0.2, -0.15) is 0 Å². The number of hydrogen-bond acceptors (Lipinski definition) is 4. The summed E-state index contributed by atoms with van der Waals surface area (Å²) in [7, 11) is -0.400. The molecule has 116 valence electrons. The van der Waals surface area contributed by atoms with Crippen LogP contribution in [0.3, 0.4) is 0 Å². The van der Waals surface area contributed by atoms with Gasteiger partial charge < -0.3 is 5.73 Å². The minimum Gasteiger partial charge on any atom is -0.330 e. The third-order valence-electron chi connectivity index (χ3n) is 3.29. The Kier molecular flexibility index (Phi) is 4.57. The van der Waals surface area contributed by atoms with Gasteiger partial charge in [-0.3, -0.25) is 9.13 Å². The number of imidazole rings is 1. The summed E-state index contributed by atoms with van der Waals surface area (Å²) < 4.78 is 30.4. The normalized spacial score (nSPS) is 12.2. The summed E-state index contributed by atoms with van der Waals surface area (Å²) in [6.07, 6.45) is 0.558. The molecule has 1 heterocycles. The maximum absolute atomic E-state index is 12.3. The van der Waals surface area contributed by atoms with E-state index in [1.807, 2.05) is 0 Å². The fourth-order valence-corrected chi connectivity index (χ4v) is 4.21. The van der Waals surface area contributed by atoms with Crippen LogP contribution in [0.15, 0.2) is 26.3 Å². The predicted octanol–water partition coefficient (Wildman–Crippen LogP) is 0.267. The topological polar surface area (TPSA) is 99.1 Å². The summed E-state index contributed by atoms with van der Waals surface area (Å²) >= 11 is 3.26. The van der Waals surface area contributed by atoms with Crippen LogP contribution >= 0.6 is 15.9 Å². The zero-order chi connectivity index (χ0) is 15.8. The molecule has 9 heteroatoms. The van der Waals surface area contributed by atoms with Crippen molar-refractivity contribution in [2.75, 3.05) is 13.1 Å². The maximum atomic E-state index is 12.3. The molecule has 1 aromatic carbocycles. The first-order chi connectivity index (χ1) is 9.79. The lowest BCUT2D eigenvalue weighted by atomic mass is 10.3. The zero-order valence-electron chi connectivity index (χ0n) is 11.8. The molecule has 2 rings (SSSR count). The number of nitrogens with zero attached hydrogens (tertiary/aromatic N) is 2. The van der Waals surface area contributed by atoms with Gasteiger partial charge in [-0.05, 0) is 41.0 Å². The first-order valence-corrected chi connectivity index (χ1v) is 8.62. The lowest BCUT2D eigenvalue weighted by Gasteiger charge is -2.09. The molecule has 0 saturated heterocycles. The number of aromatic nitrogens is 2. The highest BCUT2D eigenvalue weighted by molar-refractivity contribution is 9.10. The largest absolute Gasteiger partial charge is 0.330 e. The molecular formula is C12H17BrN4O3S. The van der Waals surface area contributed by atoms with Crippen molar-refractivity contribution >= 4 is 37.0 Å². The van der Waals surface area contributed by atoms with Crippen LogP contribution in [0.2, 0.25) is 0 Å². The number of nitrogens with one attached hydrogen (secondary N) is 1. The van der Waals surface area contributed by atoms with Crippen LogP contribution in [0, 0.1) is 0 Å². The Labute approximate surface area is 130 Å². The molecular weight excluding hydrogens is 360 g/mol. The smallest absolute Gasteiger partial charge is 0.328 e. The number of rotatable bonds is 5. The summed E-state index contributed by atoms with van der Waals surface area (Å²) in [5.41, 5.74) is 6.37. The van der Waals surface area contributed by atoms with E-state index < -0.39 is 10.0 Å². The van der Waals surface area contributed by atoms with Gasteiger partial charge in [0.2, 0.25) is 10.0 Å². The lowest BCUT2D eigenvalue weighted by molar-refractivity contribution is 0.579. The van der Waals surface area contributed by atoms with Crippen molar-refractivity contribution in [1.82, 2.24) is 13.9 Å². The molecule has 0 amide bonds. The van der Waals surface area contributed by atoms with Crippen LogP contribution in [0.4, 0.5) is 0 Å². The molecule has 0 radical (unpaired) electrons. The molecule has 1 aromatic heterocycles. The first kappa shape index (κ1) is 16.2. The standard InChI is InChI=1S/C12H17BrN4O3S/c1-16-9-6-8(13)11(7-10(9)17(2)12(16)18)21(19,20)15-5-3-4-14/h6-7,15H,3-5,14H2,1-2H3. The van der Waals surface area contributed by atoms with Crippen LogP contribution in [0.5, 0.6) is 0 Å². The Morgan fingerprint density at radius 3 is 2.38 bits per heavy atom. The summed E-state index contributed by atoms with van der Waals surface area (Å²) in [4.78, 5) is 12.0. The van der Waals surface area contributed by atoms with Crippen LogP contribution in [0.25, 0.3) is 11.0 Å². The van der Waals surface area contributed by atoms with Crippen molar-refractivity contribution in [2.45, 2.75) is 11.3 Å². The lowest BCUT2D eigenvalue weighted by Crippen LogP contribution is -2.26. The molecule has 0 fully saturated rings. The van der Waals surface area contributed by atoms with Crippen molar-refractivity contribution in [2.24, 2.45) is 19.8 Å². The Hall–Kier alpha value is -1.16. The van der Waals surface area contributed by atoms with Crippen molar-refractivity contribution in [1.29, 1.82) is 0 Å². The number of halogens is 1. The number of sulfonamides is 1. The monoisotopic (exact) mass is 376 g/mol. The first-order valence-electron chi connectivity index (χ1n) is 6.34. The number of benzene rings is 1.